The molecule has 0 bridgehead atoms. The lowest BCUT2D eigenvalue weighted by atomic mass is 10.0. The van der Waals surface area contributed by atoms with E-state index < -0.39 is 0 Å². The van der Waals surface area contributed by atoms with Crippen molar-refractivity contribution in [3.8, 4) is 0 Å². The van der Waals surface area contributed by atoms with E-state index in [9.17, 15) is 5.11 Å². The first kappa shape index (κ1) is 15.0. The van der Waals surface area contributed by atoms with Crippen LogP contribution in [0.3, 0.4) is 0 Å². The van der Waals surface area contributed by atoms with Gasteiger partial charge in [0.2, 0.25) is 0 Å². The lowest BCUT2D eigenvalue weighted by Gasteiger charge is -2.11. The summed E-state index contributed by atoms with van der Waals surface area (Å²) in [6.07, 6.45) is 9.81. The van der Waals surface area contributed by atoms with Gasteiger partial charge in [-0.15, -0.1) is 0 Å². The summed E-state index contributed by atoms with van der Waals surface area (Å²) in [7, 11) is 0. The largest absolute Gasteiger partial charge is 0.388 e. The summed E-state index contributed by atoms with van der Waals surface area (Å²) in [4.78, 5) is 4.41. The third-order valence-electron chi connectivity index (χ3n) is 3.83. The third kappa shape index (κ3) is 4.31. The number of aromatic nitrogens is 1. The second kappa shape index (κ2) is 8.01. The average molecular weight is 271 g/mol. The highest BCUT2D eigenvalue weighted by Crippen LogP contribution is 2.22. The highest BCUT2D eigenvalue weighted by molar-refractivity contribution is 5.78. The number of nitrogens with zero attached hydrogens (tertiary/aromatic N) is 1. The minimum absolute atomic E-state index is 0.377. The molecule has 1 unspecified atom stereocenters. The van der Waals surface area contributed by atoms with Gasteiger partial charge >= 0.3 is 0 Å². The Balaban J connectivity index is 1.83. The maximum Gasteiger partial charge on any atom is 0.0805 e. The molecular formula is C18H25NO. The van der Waals surface area contributed by atoms with Crippen LogP contribution in [0.4, 0.5) is 0 Å². The second-order valence-electron chi connectivity index (χ2n) is 5.53. The van der Waals surface area contributed by atoms with Crippen LogP contribution in [0.25, 0.3) is 10.9 Å². The molecule has 0 aliphatic heterocycles. The van der Waals surface area contributed by atoms with Crippen LogP contribution in [0.15, 0.2) is 36.5 Å². The lowest BCUT2D eigenvalue weighted by molar-refractivity contribution is 0.163. The number of benzene rings is 1. The summed E-state index contributed by atoms with van der Waals surface area (Å²) < 4.78 is 0. The second-order valence-corrected chi connectivity index (χ2v) is 5.53. The Kier molecular flexibility index (Phi) is 6.00. The Bertz CT molecular complexity index is 524. The Labute approximate surface area is 121 Å². The third-order valence-corrected chi connectivity index (χ3v) is 3.83. The first-order valence-electron chi connectivity index (χ1n) is 7.84. The van der Waals surface area contributed by atoms with E-state index in [-0.39, 0.29) is 6.10 Å². The number of aliphatic hydroxyl groups excluding tert-OH is 1. The predicted molar refractivity (Wildman–Crippen MR) is 84.7 cm³/mol. The summed E-state index contributed by atoms with van der Waals surface area (Å²) in [6, 6.07) is 10.1. The van der Waals surface area contributed by atoms with Crippen molar-refractivity contribution >= 4 is 10.9 Å². The number of pyridine rings is 1. The monoisotopic (exact) mass is 271 g/mol. The summed E-state index contributed by atoms with van der Waals surface area (Å²) in [5.41, 5.74) is 1.93. The smallest absolute Gasteiger partial charge is 0.0805 e. The molecule has 0 fully saturated rings. The molecular weight excluding hydrogens is 246 g/mol. The molecule has 0 aliphatic rings. The Morgan fingerprint density at radius 1 is 1.05 bits per heavy atom. The molecule has 1 atom stereocenters. The minimum Gasteiger partial charge on any atom is -0.388 e. The quantitative estimate of drug-likeness (QED) is 0.684. The van der Waals surface area contributed by atoms with Gasteiger partial charge in [0.05, 0.1) is 11.6 Å². The molecule has 0 saturated carbocycles. The zero-order valence-corrected chi connectivity index (χ0v) is 12.4. The van der Waals surface area contributed by atoms with Gasteiger partial charge in [0.1, 0.15) is 0 Å². The molecule has 0 spiro atoms. The molecule has 2 heteroatoms. The van der Waals surface area contributed by atoms with Crippen LogP contribution < -0.4 is 0 Å². The van der Waals surface area contributed by atoms with Crippen LogP contribution in [-0.4, -0.2) is 10.1 Å². The first-order valence-corrected chi connectivity index (χ1v) is 7.84. The van der Waals surface area contributed by atoms with Crippen molar-refractivity contribution in [2.45, 2.75) is 58.0 Å². The van der Waals surface area contributed by atoms with Crippen LogP contribution in [0.5, 0.6) is 0 Å². The van der Waals surface area contributed by atoms with Crippen molar-refractivity contribution in [3.63, 3.8) is 0 Å². The SMILES string of the molecule is CCCCCCCCC(O)c1cnc2ccccc2c1. The van der Waals surface area contributed by atoms with E-state index in [0.29, 0.717) is 0 Å². The standard InChI is InChI=1S/C18H25NO/c1-2-3-4-5-6-7-12-18(20)16-13-15-10-8-9-11-17(15)19-14-16/h8-11,13-14,18,20H,2-7,12H2,1H3. The van der Waals surface area contributed by atoms with E-state index in [1.807, 2.05) is 30.5 Å². The fraction of sp³-hybridized carbons (Fsp3) is 0.500. The Hall–Kier alpha value is -1.41. The molecule has 1 heterocycles. The molecule has 1 N–H and O–H groups in total. The van der Waals surface area contributed by atoms with Crippen LogP contribution in [-0.2, 0) is 0 Å². The molecule has 0 radical (unpaired) electrons. The van der Waals surface area contributed by atoms with Crippen molar-refractivity contribution in [1.82, 2.24) is 4.98 Å². The number of hydrogen-bond donors (Lipinski definition) is 1. The molecule has 0 amide bonds. The normalized spacial score (nSPS) is 12.7. The fourth-order valence-electron chi connectivity index (χ4n) is 2.55. The molecule has 20 heavy (non-hydrogen) atoms. The van der Waals surface area contributed by atoms with Gasteiger partial charge in [0.15, 0.2) is 0 Å². The van der Waals surface area contributed by atoms with Crippen molar-refractivity contribution < 1.29 is 5.11 Å². The van der Waals surface area contributed by atoms with Gasteiger partial charge in [-0.3, -0.25) is 4.98 Å². The maximum absolute atomic E-state index is 10.2. The molecule has 1 aromatic carbocycles. The van der Waals surface area contributed by atoms with Crippen LogP contribution in [0.2, 0.25) is 0 Å². The first-order chi connectivity index (χ1) is 9.81. The van der Waals surface area contributed by atoms with Crippen molar-refractivity contribution in [3.05, 3.63) is 42.1 Å². The van der Waals surface area contributed by atoms with E-state index in [4.69, 9.17) is 0 Å². The summed E-state index contributed by atoms with van der Waals surface area (Å²) >= 11 is 0. The van der Waals surface area contributed by atoms with Crippen LogP contribution in [0, 0.1) is 0 Å². The highest BCUT2D eigenvalue weighted by Gasteiger charge is 2.08. The fourth-order valence-corrected chi connectivity index (χ4v) is 2.55. The number of hydrogen-bond acceptors (Lipinski definition) is 2. The van der Waals surface area contributed by atoms with Gasteiger partial charge in [-0.1, -0.05) is 63.6 Å². The van der Waals surface area contributed by atoms with Crippen molar-refractivity contribution in [2.24, 2.45) is 0 Å². The number of aliphatic hydroxyl groups is 1. The van der Waals surface area contributed by atoms with E-state index >= 15 is 0 Å². The topological polar surface area (TPSA) is 33.1 Å². The zero-order valence-electron chi connectivity index (χ0n) is 12.4. The number of rotatable bonds is 8. The van der Waals surface area contributed by atoms with Crippen molar-refractivity contribution in [2.75, 3.05) is 0 Å². The molecule has 2 aromatic rings. The molecule has 0 aliphatic carbocycles. The molecule has 2 nitrogen and oxygen atoms in total. The average Bonchev–Trinajstić information content (AvgIpc) is 2.50. The molecule has 1 aromatic heterocycles. The van der Waals surface area contributed by atoms with E-state index in [1.54, 1.807) is 0 Å². The number of fused-ring (bicyclic) bond motifs is 1. The van der Waals surface area contributed by atoms with Gasteiger partial charge in [-0.2, -0.15) is 0 Å². The van der Waals surface area contributed by atoms with E-state index in [1.165, 1.54) is 32.1 Å². The van der Waals surface area contributed by atoms with Crippen molar-refractivity contribution in [1.29, 1.82) is 0 Å². The Morgan fingerprint density at radius 3 is 2.65 bits per heavy atom. The van der Waals surface area contributed by atoms with Gasteiger partial charge < -0.3 is 5.11 Å². The van der Waals surface area contributed by atoms with Gasteiger partial charge in [-0.05, 0) is 24.1 Å². The lowest BCUT2D eigenvalue weighted by Crippen LogP contribution is -1.98. The number of unbranched alkanes of at least 4 members (excludes halogenated alkanes) is 5. The van der Waals surface area contributed by atoms with Crippen LogP contribution in [0.1, 0.15) is 63.5 Å². The molecule has 108 valence electrons. The summed E-state index contributed by atoms with van der Waals surface area (Å²) in [5, 5.41) is 11.3. The summed E-state index contributed by atoms with van der Waals surface area (Å²) in [5.74, 6) is 0. The van der Waals surface area contributed by atoms with Gasteiger partial charge in [0, 0.05) is 11.6 Å². The van der Waals surface area contributed by atoms with Crippen LogP contribution >= 0.6 is 0 Å². The number of para-hydroxylation sites is 1. The zero-order chi connectivity index (χ0) is 14.2. The van der Waals surface area contributed by atoms with Gasteiger partial charge in [0.25, 0.3) is 0 Å². The summed E-state index contributed by atoms with van der Waals surface area (Å²) in [6.45, 7) is 2.23. The van der Waals surface area contributed by atoms with E-state index in [0.717, 1.165) is 29.3 Å². The minimum atomic E-state index is -0.377. The van der Waals surface area contributed by atoms with E-state index in [2.05, 4.69) is 18.0 Å². The molecule has 2 rings (SSSR count). The molecule has 0 saturated heterocycles. The predicted octanol–water partition coefficient (Wildman–Crippen LogP) is 5.02. The highest BCUT2D eigenvalue weighted by atomic mass is 16.3. The maximum atomic E-state index is 10.2. The van der Waals surface area contributed by atoms with Gasteiger partial charge in [-0.25, -0.2) is 0 Å². The Morgan fingerprint density at radius 2 is 1.80 bits per heavy atom.